The third-order valence-corrected chi connectivity index (χ3v) is 7.68. The van der Waals surface area contributed by atoms with Crippen molar-refractivity contribution in [3.05, 3.63) is 88.7 Å². The van der Waals surface area contributed by atoms with Gasteiger partial charge >= 0.3 is 0 Å². The molecular formula is C30H35N5O2. The van der Waals surface area contributed by atoms with Crippen LogP contribution in [0.1, 0.15) is 82.6 Å². The van der Waals surface area contributed by atoms with Crippen molar-refractivity contribution in [3.8, 4) is 0 Å². The largest absolute Gasteiger partial charge is 0.365 e. The number of nitrogens with zero attached hydrogens (tertiary/aromatic N) is 4. The first-order valence-electron chi connectivity index (χ1n) is 13.1. The number of rotatable bonds is 4. The molecule has 2 heterocycles. The van der Waals surface area contributed by atoms with E-state index in [2.05, 4.69) is 22.7 Å². The van der Waals surface area contributed by atoms with Crippen molar-refractivity contribution in [1.29, 1.82) is 0 Å². The smallest absolute Gasteiger partial charge is 0.288 e. The second-order valence-corrected chi connectivity index (χ2v) is 10.3. The molecule has 1 fully saturated rings. The zero-order chi connectivity index (χ0) is 25.9. The summed E-state index contributed by atoms with van der Waals surface area (Å²) >= 11 is 0. The van der Waals surface area contributed by atoms with E-state index in [4.69, 9.17) is 0 Å². The van der Waals surface area contributed by atoms with Crippen LogP contribution in [0.15, 0.2) is 65.8 Å². The SMILES string of the molecule is C/C(=N\NC(=O)c1ccc2n1Cc1ccccc1N(C(=O)c1ccc(C3CCCCC3)cc1)C2)N(C)C. The Morgan fingerprint density at radius 3 is 2.38 bits per heavy atom. The Bertz CT molecular complexity index is 1320. The second-order valence-electron chi connectivity index (χ2n) is 10.3. The number of carbonyl (C=O) groups excluding carboxylic acids is 2. The molecule has 0 radical (unpaired) electrons. The molecule has 2 amide bonds. The van der Waals surface area contributed by atoms with Gasteiger partial charge in [0.15, 0.2) is 0 Å². The number of nitrogens with one attached hydrogen (secondary N) is 1. The normalized spacial score (nSPS) is 16.0. The van der Waals surface area contributed by atoms with Gasteiger partial charge in [-0.05, 0) is 67.1 Å². The monoisotopic (exact) mass is 497 g/mol. The first kappa shape index (κ1) is 24.8. The summed E-state index contributed by atoms with van der Waals surface area (Å²) in [6.07, 6.45) is 6.38. The summed E-state index contributed by atoms with van der Waals surface area (Å²) in [5.41, 5.74) is 7.97. The molecule has 7 nitrogen and oxygen atoms in total. The summed E-state index contributed by atoms with van der Waals surface area (Å²) in [6, 6.07) is 19.9. The highest BCUT2D eigenvalue weighted by Crippen LogP contribution is 2.34. The van der Waals surface area contributed by atoms with E-state index in [9.17, 15) is 9.59 Å². The number of aromatic nitrogens is 1. The Kier molecular flexibility index (Phi) is 7.12. The van der Waals surface area contributed by atoms with Gasteiger partial charge in [0.05, 0.1) is 13.1 Å². The molecule has 7 heteroatoms. The number of hydrazone groups is 1. The molecule has 2 aromatic carbocycles. The number of hydrogen-bond acceptors (Lipinski definition) is 3. The molecule has 1 aliphatic carbocycles. The lowest BCUT2D eigenvalue weighted by Crippen LogP contribution is -2.30. The molecular weight excluding hydrogens is 462 g/mol. The predicted molar refractivity (Wildman–Crippen MR) is 147 cm³/mol. The van der Waals surface area contributed by atoms with Crippen LogP contribution in [0.3, 0.4) is 0 Å². The van der Waals surface area contributed by atoms with Crippen LogP contribution in [0.25, 0.3) is 0 Å². The van der Waals surface area contributed by atoms with E-state index in [0.717, 1.165) is 16.9 Å². The molecule has 192 valence electrons. The quantitative estimate of drug-likeness (QED) is 0.299. The van der Waals surface area contributed by atoms with Crippen LogP contribution in [-0.2, 0) is 13.1 Å². The lowest BCUT2D eigenvalue weighted by molar-refractivity contribution is 0.0944. The van der Waals surface area contributed by atoms with Crippen molar-refractivity contribution in [2.75, 3.05) is 19.0 Å². The summed E-state index contributed by atoms with van der Waals surface area (Å²) in [5, 5.41) is 4.18. The minimum Gasteiger partial charge on any atom is -0.365 e. The topological polar surface area (TPSA) is 69.9 Å². The van der Waals surface area contributed by atoms with Crippen molar-refractivity contribution in [1.82, 2.24) is 14.9 Å². The van der Waals surface area contributed by atoms with Crippen LogP contribution in [0, 0.1) is 0 Å². The number of amidine groups is 1. The van der Waals surface area contributed by atoms with E-state index < -0.39 is 0 Å². The molecule has 5 rings (SSSR count). The lowest BCUT2D eigenvalue weighted by Gasteiger charge is -2.24. The maximum Gasteiger partial charge on any atom is 0.288 e. The van der Waals surface area contributed by atoms with Gasteiger partial charge < -0.3 is 14.4 Å². The average molecular weight is 498 g/mol. The van der Waals surface area contributed by atoms with Crippen molar-refractivity contribution in [2.45, 2.75) is 58.0 Å². The lowest BCUT2D eigenvalue weighted by atomic mass is 9.84. The van der Waals surface area contributed by atoms with Crippen molar-refractivity contribution in [2.24, 2.45) is 5.10 Å². The van der Waals surface area contributed by atoms with Crippen LogP contribution in [0.5, 0.6) is 0 Å². The summed E-state index contributed by atoms with van der Waals surface area (Å²) in [7, 11) is 3.75. The fourth-order valence-electron chi connectivity index (χ4n) is 5.32. The highest BCUT2D eigenvalue weighted by Gasteiger charge is 2.27. The number of amides is 2. The van der Waals surface area contributed by atoms with Crippen LogP contribution in [-0.4, -0.2) is 41.2 Å². The predicted octanol–water partition coefficient (Wildman–Crippen LogP) is 5.37. The zero-order valence-corrected chi connectivity index (χ0v) is 21.9. The molecule has 0 atom stereocenters. The van der Waals surface area contributed by atoms with Crippen LogP contribution >= 0.6 is 0 Å². The summed E-state index contributed by atoms with van der Waals surface area (Å²) < 4.78 is 1.98. The van der Waals surface area contributed by atoms with E-state index in [1.165, 1.54) is 37.7 Å². The average Bonchev–Trinajstić information content (AvgIpc) is 3.24. The summed E-state index contributed by atoms with van der Waals surface area (Å²) in [4.78, 5) is 30.5. The van der Waals surface area contributed by atoms with Crippen LogP contribution in [0.2, 0.25) is 0 Å². The van der Waals surface area contributed by atoms with Gasteiger partial charge in [-0.2, -0.15) is 5.10 Å². The molecule has 0 spiro atoms. The molecule has 1 aliphatic heterocycles. The molecule has 37 heavy (non-hydrogen) atoms. The fraction of sp³-hybridized carbons (Fsp3) is 0.367. The first-order valence-corrected chi connectivity index (χ1v) is 13.1. The van der Waals surface area contributed by atoms with E-state index >= 15 is 0 Å². The molecule has 0 saturated heterocycles. The molecule has 2 aliphatic rings. The second kappa shape index (κ2) is 10.6. The van der Waals surface area contributed by atoms with Crippen LogP contribution in [0.4, 0.5) is 5.69 Å². The maximum atomic E-state index is 13.8. The Morgan fingerprint density at radius 1 is 0.919 bits per heavy atom. The highest BCUT2D eigenvalue weighted by atomic mass is 16.2. The molecule has 1 aromatic heterocycles. The van der Waals surface area contributed by atoms with Crippen molar-refractivity contribution in [3.63, 3.8) is 0 Å². The number of hydrogen-bond donors (Lipinski definition) is 1. The van der Waals surface area contributed by atoms with Gasteiger partial charge in [-0.3, -0.25) is 9.59 Å². The number of fused-ring (bicyclic) bond motifs is 2. The van der Waals surface area contributed by atoms with Gasteiger partial charge in [0, 0.05) is 31.0 Å². The fourth-order valence-corrected chi connectivity index (χ4v) is 5.32. The van der Waals surface area contributed by atoms with Gasteiger partial charge in [0.1, 0.15) is 11.5 Å². The van der Waals surface area contributed by atoms with Gasteiger partial charge in [-0.1, -0.05) is 49.6 Å². The van der Waals surface area contributed by atoms with E-state index in [0.29, 0.717) is 36.1 Å². The van der Waals surface area contributed by atoms with Crippen molar-refractivity contribution < 1.29 is 9.59 Å². The summed E-state index contributed by atoms with van der Waals surface area (Å²) in [6.45, 7) is 2.72. The Hall–Kier alpha value is -3.87. The summed E-state index contributed by atoms with van der Waals surface area (Å²) in [5.74, 6) is 1.00. The standard InChI is InChI=1S/C30H35N5O2/c1-21(33(2)3)31-32-29(36)28-18-17-26-20-35(27-12-8-7-11-25(27)19-34(26)28)30(37)24-15-13-23(14-16-24)22-9-5-4-6-10-22/h7-8,11-18,22H,4-6,9-10,19-20H2,1-3H3,(H,32,36)/b31-21+. The Morgan fingerprint density at radius 2 is 1.65 bits per heavy atom. The van der Waals surface area contributed by atoms with E-state index in [1.807, 2.05) is 77.9 Å². The Labute approximate surface area is 218 Å². The zero-order valence-electron chi connectivity index (χ0n) is 21.9. The van der Waals surface area contributed by atoms with Crippen molar-refractivity contribution >= 4 is 23.3 Å². The van der Waals surface area contributed by atoms with Gasteiger partial charge in [-0.25, -0.2) is 5.43 Å². The third kappa shape index (κ3) is 5.17. The minimum absolute atomic E-state index is 0.0329. The highest BCUT2D eigenvalue weighted by molar-refractivity contribution is 6.06. The number of anilines is 1. The molecule has 0 bridgehead atoms. The van der Waals surface area contributed by atoms with Crippen LogP contribution < -0.4 is 10.3 Å². The maximum absolute atomic E-state index is 13.8. The number of carbonyl (C=O) groups is 2. The van der Waals surface area contributed by atoms with Gasteiger partial charge in [0.25, 0.3) is 11.8 Å². The molecule has 0 unspecified atom stereocenters. The molecule has 3 aromatic rings. The first-order chi connectivity index (χ1) is 17.9. The van der Waals surface area contributed by atoms with Gasteiger partial charge in [0.2, 0.25) is 0 Å². The minimum atomic E-state index is -0.275. The van der Waals surface area contributed by atoms with E-state index in [-0.39, 0.29) is 11.8 Å². The third-order valence-electron chi connectivity index (χ3n) is 7.68. The molecule has 1 N–H and O–H groups in total. The Balaban J connectivity index is 1.42. The molecule has 1 saturated carbocycles. The number of para-hydroxylation sites is 1. The van der Waals surface area contributed by atoms with Gasteiger partial charge in [-0.15, -0.1) is 0 Å². The number of benzene rings is 2. The van der Waals surface area contributed by atoms with E-state index in [1.54, 1.807) is 6.07 Å².